The molecule has 2 aliphatic heterocycles. The lowest BCUT2D eigenvalue weighted by Crippen LogP contribution is -2.53. The van der Waals surface area contributed by atoms with Gasteiger partial charge in [0, 0.05) is 36.3 Å². The number of rotatable bonds is 11. The van der Waals surface area contributed by atoms with E-state index in [0.717, 1.165) is 17.8 Å². The first-order valence-electron chi connectivity index (χ1n) is 15.6. The predicted octanol–water partition coefficient (Wildman–Crippen LogP) is 5.86. The molecule has 1 aromatic heterocycles. The van der Waals surface area contributed by atoms with Crippen LogP contribution in [0.5, 0.6) is 0 Å². The normalized spacial score (nSPS) is 24.7. The van der Waals surface area contributed by atoms with Gasteiger partial charge in [-0.2, -0.15) is 0 Å². The predicted molar refractivity (Wildman–Crippen MR) is 181 cm³/mol. The van der Waals surface area contributed by atoms with E-state index in [4.69, 9.17) is 14.7 Å². The van der Waals surface area contributed by atoms with Crippen LogP contribution in [0.2, 0.25) is 0 Å². The molecular formula is C32H48N4O5S3. The highest BCUT2D eigenvalue weighted by Crippen LogP contribution is 2.32. The van der Waals surface area contributed by atoms with Crippen LogP contribution in [0.25, 0.3) is 0 Å². The topological polar surface area (TPSA) is 127 Å². The lowest BCUT2D eigenvalue weighted by molar-refractivity contribution is -0.153. The summed E-state index contributed by atoms with van der Waals surface area (Å²) in [5.74, 6) is -0.269. The van der Waals surface area contributed by atoms with Crippen LogP contribution in [-0.2, 0) is 30.5 Å². The molecule has 4 bridgehead atoms. The molecule has 0 unspecified atom stereocenters. The molecule has 3 heterocycles. The fourth-order valence-electron chi connectivity index (χ4n) is 4.67. The van der Waals surface area contributed by atoms with Gasteiger partial charge in [-0.15, -0.1) is 23.1 Å². The average molecular weight is 665 g/mol. The minimum Gasteiger partial charge on any atom is -0.456 e. The van der Waals surface area contributed by atoms with Gasteiger partial charge in [0.2, 0.25) is 5.91 Å². The molecule has 44 heavy (non-hydrogen) atoms. The molecule has 0 saturated heterocycles. The zero-order valence-corrected chi connectivity index (χ0v) is 29.4. The number of fused-ring (bicyclic) bond motifs is 4. The Morgan fingerprint density at radius 1 is 1.18 bits per heavy atom. The van der Waals surface area contributed by atoms with E-state index in [1.54, 1.807) is 13.0 Å². The van der Waals surface area contributed by atoms with Crippen molar-refractivity contribution in [2.45, 2.75) is 123 Å². The van der Waals surface area contributed by atoms with E-state index < -0.39 is 29.2 Å². The second-order valence-electron chi connectivity index (χ2n) is 12.5. The molecular weight excluding hydrogens is 617 g/mol. The van der Waals surface area contributed by atoms with Crippen LogP contribution in [0.15, 0.2) is 22.5 Å². The fraction of sp³-hybridized carbons (Fsp3) is 0.688. The minimum atomic E-state index is -1.05. The number of amides is 1. The minimum absolute atomic E-state index is 0.0322. The maximum absolute atomic E-state index is 13.5. The number of hydrogen-bond acceptors (Lipinski definition) is 11. The molecule has 2 aliphatic rings. The molecule has 12 heteroatoms. The average Bonchev–Trinajstić information content (AvgIpc) is 3.61. The van der Waals surface area contributed by atoms with E-state index in [2.05, 4.69) is 17.6 Å². The monoisotopic (exact) mass is 664 g/mol. The molecule has 9 nitrogen and oxygen atoms in total. The van der Waals surface area contributed by atoms with Crippen LogP contribution in [0, 0.1) is 5.92 Å². The Bertz CT molecular complexity index is 1230. The van der Waals surface area contributed by atoms with Gasteiger partial charge < -0.3 is 10.1 Å². The second-order valence-corrected chi connectivity index (χ2v) is 15.5. The number of aromatic nitrogens is 1. The third kappa shape index (κ3) is 10.8. The van der Waals surface area contributed by atoms with Crippen molar-refractivity contribution in [3.05, 3.63) is 28.2 Å². The van der Waals surface area contributed by atoms with Crippen LogP contribution < -0.4 is 10.6 Å². The van der Waals surface area contributed by atoms with Crippen LogP contribution in [-0.4, -0.2) is 67.5 Å². The van der Waals surface area contributed by atoms with Crippen molar-refractivity contribution in [3.8, 4) is 0 Å². The first-order valence-corrected chi connectivity index (χ1v) is 18.5. The highest BCUT2D eigenvalue weighted by Gasteiger charge is 2.42. The van der Waals surface area contributed by atoms with Crippen molar-refractivity contribution in [1.29, 1.82) is 0 Å². The Morgan fingerprint density at radius 2 is 1.93 bits per heavy atom. The Balaban J connectivity index is 1.74. The number of thiazole rings is 1. The van der Waals surface area contributed by atoms with E-state index in [1.807, 2.05) is 39.2 Å². The maximum Gasteiger partial charge on any atom is 0.329 e. The number of aliphatic imine (C=N–C) groups is 1. The number of nitrogens with one attached hydrogen (secondary N) is 2. The van der Waals surface area contributed by atoms with Gasteiger partial charge in [-0.25, -0.2) is 9.78 Å². The van der Waals surface area contributed by atoms with E-state index in [1.165, 1.54) is 54.1 Å². The molecule has 244 valence electrons. The summed E-state index contributed by atoms with van der Waals surface area (Å²) in [5, 5.41) is 9.79. The summed E-state index contributed by atoms with van der Waals surface area (Å²) >= 11 is 4.26. The molecule has 3 atom stereocenters. The zero-order valence-electron chi connectivity index (χ0n) is 26.9. The summed E-state index contributed by atoms with van der Waals surface area (Å²) < 4.78 is 5.90. The molecule has 0 spiro atoms. The molecule has 1 amide bonds. The lowest BCUT2D eigenvalue weighted by Gasteiger charge is -2.28. The second kappa shape index (κ2) is 17.1. The molecule has 0 saturated carbocycles. The van der Waals surface area contributed by atoms with Gasteiger partial charge in [-0.05, 0) is 45.6 Å². The number of carbonyl (C=O) groups excluding carboxylic acids is 4. The van der Waals surface area contributed by atoms with Crippen molar-refractivity contribution >= 4 is 62.7 Å². The Morgan fingerprint density at radius 3 is 2.66 bits per heavy atom. The number of nitrogens with zero attached hydrogens (tertiary/aromatic N) is 2. The van der Waals surface area contributed by atoms with Crippen molar-refractivity contribution in [1.82, 2.24) is 15.6 Å². The number of esters is 1. The maximum atomic E-state index is 13.5. The van der Waals surface area contributed by atoms with Crippen molar-refractivity contribution < 1.29 is 23.9 Å². The number of hydrogen-bond donors (Lipinski definition) is 2. The summed E-state index contributed by atoms with van der Waals surface area (Å²) in [6.45, 7) is 11.6. The Hall–Kier alpha value is -2.02. The zero-order chi connectivity index (χ0) is 32.3. The van der Waals surface area contributed by atoms with Crippen LogP contribution in [0.3, 0.4) is 0 Å². The summed E-state index contributed by atoms with van der Waals surface area (Å²) in [4.78, 5) is 62.0. The summed E-state index contributed by atoms with van der Waals surface area (Å²) in [5.41, 5.74) is -1.24. The van der Waals surface area contributed by atoms with E-state index in [9.17, 15) is 19.2 Å². The number of thioether (sulfide) groups is 2. The number of cyclic esters (lactones) is 1. The van der Waals surface area contributed by atoms with Crippen LogP contribution >= 0.6 is 34.9 Å². The highest BCUT2D eigenvalue weighted by atomic mass is 32.2. The quantitative estimate of drug-likeness (QED) is 0.170. The molecule has 2 N–H and O–H groups in total. The van der Waals surface area contributed by atoms with Gasteiger partial charge in [0.05, 0.1) is 5.54 Å². The number of allylic oxidation sites excluding steroid dienone is 1. The van der Waals surface area contributed by atoms with Gasteiger partial charge in [0.1, 0.15) is 33.4 Å². The number of Topliss-reactive ketones (excluding diaryl/α,β-unsaturated/α-hetero) is 1. The number of carbonyl (C=O) groups is 4. The Labute approximate surface area is 274 Å². The molecule has 0 aliphatic carbocycles. The van der Waals surface area contributed by atoms with E-state index in [0.29, 0.717) is 41.6 Å². The molecule has 0 radical (unpaired) electrons. The van der Waals surface area contributed by atoms with Crippen molar-refractivity contribution in [2.24, 2.45) is 10.9 Å². The highest BCUT2D eigenvalue weighted by molar-refractivity contribution is 8.14. The SMILES string of the molecule is CCCCCCCC(=O)SCC/C=C/[C@@H]1CC(=O)C(C)(C)NCc2nc(cs2)C2=N[C@@](C)(CS2)C(=O)N[C@@H](C(C)C)C(=O)O1. The first kappa shape index (κ1) is 36.4. The molecule has 1 aromatic rings. The number of ketones is 1. The fourth-order valence-corrected chi connectivity index (χ4v) is 7.36. The van der Waals surface area contributed by atoms with Crippen LogP contribution in [0.4, 0.5) is 0 Å². The van der Waals surface area contributed by atoms with Gasteiger partial charge in [-0.3, -0.25) is 24.7 Å². The van der Waals surface area contributed by atoms with Gasteiger partial charge in [-0.1, -0.05) is 64.3 Å². The van der Waals surface area contributed by atoms with E-state index >= 15 is 0 Å². The van der Waals surface area contributed by atoms with E-state index in [-0.39, 0.29) is 29.1 Å². The van der Waals surface area contributed by atoms with Crippen molar-refractivity contribution in [2.75, 3.05) is 11.5 Å². The molecule has 0 fully saturated rings. The third-order valence-electron chi connectivity index (χ3n) is 7.72. The third-order valence-corrected chi connectivity index (χ3v) is 10.8. The standard InChI is InChI=1S/C32H48N4O5S3/c1-7-8-9-10-11-15-26(38)42-16-13-12-14-22-17-24(37)31(4,5)33-18-25-34-23(19-43-25)28-36-32(6,20-44-28)30(40)35-27(21(2)3)29(39)41-22/h12,14,19,21-22,27,33H,7-11,13,15-18,20H2,1-6H3,(H,35,40)/b14-12+/t22-,27+,32+/m1/s1. The number of ether oxygens (including phenoxy) is 1. The summed E-state index contributed by atoms with van der Waals surface area (Å²) in [7, 11) is 0. The van der Waals surface area contributed by atoms with Crippen LogP contribution in [0.1, 0.15) is 104 Å². The molecule has 0 aromatic carbocycles. The smallest absolute Gasteiger partial charge is 0.329 e. The summed E-state index contributed by atoms with van der Waals surface area (Å²) in [6.07, 6.45) is 9.49. The molecule has 3 rings (SSSR count). The van der Waals surface area contributed by atoms with Gasteiger partial charge in [0.25, 0.3) is 0 Å². The van der Waals surface area contributed by atoms with Gasteiger partial charge >= 0.3 is 5.97 Å². The first-order chi connectivity index (χ1) is 20.8. The lowest BCUT2D eigenvalue weighted by atomic mass is 9.94. The van der Waals surface area contributed by atoms with Crippen molar-refractivity contribution in [3.63, 3.8) is 0 Å². The summed E-state index contributed by atoms with van der Waals surface area (Å²) in [6, 6.07) is -0.909. The largest absolute Gasteiger partial charge is 0.456 e. The van der Waals surface area contributed by atoms with Gasteiger partial charge in [0.15, 0.2) is 10.9 Å². The number of unbranched alkanes of at least 4 members (excludes halogenated alkanes) is 4. The Kier molecular flexibility index (Phi) is 14.1.